The molecule has 0 radical (unpaired) electrons. The third kappa shape index (κ3) is 1.64. The summed E-state index contributed by atoms with van der Waals surface area (Å²) in [6.45, 7) is 1.97. The molecule has 0 aliphatic heterocycles. The molecule has 1 aromatic carbocycles. The highest BCUT2D eigenvalue weighted by atomic mass is 35.5. The van der Waals surface area contributed by atoms with E-state index < -0.39 is 0 Å². The Labute approximate surface area is 77.9 Å². The van der Waals surface area contributed by atoms with Gasteiger partial charge in [0.1, 0.15) is 0 Å². The van der Waals surface area contributed by atoms with E-state index in [0.717, 1.165) is 16.9 Å². The van der Waals surface area contributed by atoms with Gasteiger partial charge in [-0.3, -0.25) is 0 Å². The number of hydrogen-bond acceptors (Lipinski definition) is 2. The van der Waals surface area contributed by atoms with Crippen LogP contribution in [-0.2, 0) is 0 Å². The average molecular weight is 185 g/mol. The molecule has 66 valence electrons. The summed E-state index contributed by atoms with van der Waals surface area (Å²) < 4.78 is 0. The second-order valence-electron chi connectivity index (χ2n) is 3.08. The summed E-state index contributed by atoms with van der Waals surface area (Å²) in [4.78, 5) is 1.91. The van der Waals surface area contributed by atoms with Crippen LogP contribution < -0.4 is 10.6 Å². The topological polar surface area (TPSA) is 29.3 Å². The van der Waals surface area contributed by atoms with Gasteiger partial charge in [-0.25, -0.2) is 0 Å². The van der Waals surface area contributed by atoms with E-state index in [4.69, 9.17) is 17.3 Å². The Morgan fingerprint density at radius 2 is 1.92 bits per heavy atom. The molecule has 0 atom stereocenters. The number of benzene rings is 1. The Morgan fingerprint density at radius 3 is 2.33 bits per heavy atom. The van der Waals surface area contributed by atoms with Gasteiger partial charge < -0.3 is 10.6 Å². The molecular formula is C9H13ClN2. The van der Waals surface area contributed by atoms with Gasteiger partial charge in [0.15, 0.2) is 0 Å². The summed E-state index contributed by atoms with van der Waals surface area (Å²) in [5.74, 6) is 0. The van der Waals surface area contributed by atoms with Crippen molar-refractivity contribution in [1.29, 1.82) is 0 Å². The van der Waals surface area contributed by atoms with E-state index in [-0.39, 0.29) is 0 Å². The fourth-order valence-corrected chi connectivity index (χ4v) is 1.68. The van der Waals surface area contributed by atoms with Crippen molar-refractivity contribution in [2.45, 2.75) is 6.92 Å². The van der Waals surface area contributed by atoms with Gasteiger partial charge in [0, 0.05) is 14.1 Å². The average Bonchev–Trinajstić information content (AvgIpc) is 1.82. The lowest BCUT2D eigenvalue weighted by atomic mass is 10.2. The van der Waals surface area contributed by atoms with Crippen LogP contribution >= 0.6 is 11.6 Å². The molecule has 0 amide bonds. The van der Waals surface area contributed by atoms with Crippen LogP contribution in [0.3, 0.4) is 0 Å². The molecule has 0 unspecified atom stereocenters. The van der Waals surface area contributed by atoms with Gasteiger partial charge >= 0.3 is 0 Å². The highest BCUT2D eigenvalue weighted by Crippen LogP contribution is 2.31. The summed E-state index contributed by atoms with van der Waals surface area (Å²) in [5, 5.41) is 0.706. The fourth-order valence-electron chi connectivity index (χ4n) is 1.23. The van der Waals surface area contributed by atoms with Crippen molar-refractivity contribution in [2.24, 2.45) is 0 Å². The first kappa shape index (κ1) is 9.20. The van der Waals surface area contributed by atoms with Crippen molar-refractivity contribution < 1.29 is 0 Å². The monoisotopic (exact) mass is 184 g/mol. The summed E-state index contributed by atoms with van der Waals surface area (Å²) in [6.07, 6.45) is 0. The maximum Gasteiger partial charge on any atom is 0.0784 e. The quantitative estimate of drug-likeness (QED) is 0.679. The molecule has 0 bridgehead atoms. The first-order chi connectivity index (χ1) is 5.52. The minimum Gasteiger partial charge on any atom is -0.397 e. The predicted octanol–water partition coefficient (Wildman–Crippen LogP) is 2.30. The van der Waals surface area contributed by atoms with Crippen LogP contribution in [0.25, 0.3) is 0 Å². The van der Waals surface area contributed by atoms with E-state index in [0.29, 0.717) is 5.02 Å². The molecule has 0 saturated carbocycles. The number of hydrogen-bond donors (Lipinski definition) is 1. The number of nitrogens with two attached hydrogens (primary N) is 1. The molecule has 1 rings (SSSR count). The first-order valence-electron chi connectivity index (χ1n) is 3.75. The number of anilines is 2. The Morgan fingerprint density at radius 1 is 1.33 bits per heavy atom. The second kappa shape index (κ2) is 3.23. The molecule has 0 spiro atoms. The van der Waals surface area contributed by atoms with Crippen LogP contribution in [-0.4, -0.2) is 14.1 Å². The van der Waals surface area contributed by atoms with Gasteiger partial charge in [-0.05, 0) is 24.6 Å². The van der Waals surface area contributed by atoms with Gasteiger partial charge in [0.25, 0.3) is 0 Å². The van der Waals surface area contributed by atoms with Crippen molar-refractivity contribution in [1.82, 2.24) is 0 Å². The van der Waals surface area contributed by atoms with Gasteiger partial charge in [0.05, 0.1) is 16.4 Å². The molecular weight excluding hydrogens is 172 g/mol. The van der Waals surface area contributed by atoms with Crippen LogP contribution in [0, 0.1) is 6.92 Å². The lowest BCUT2D eigenvalue weighted by Gasteiger charge is -2.17. The zero-order valence-corrected chi connectivity index (χ0v) is 8.31. The Hall–Kier alpha value is -0.890. The predicted molar refractivity (Wildman–Crippen MR) is 54.9 cm³/mol. The second-order valence-corrected chi connectivity index (χ2v) is 3.49. The van der Waals surface area contributed by atoms with E-state index in [1.807, 2.05) is 38.1 Å². The highest BCUT2D eigenvalue weighted by Gasteiger charge is 2.06. The van der Waals surface area contributed by atoms with Crippen LogP contribution in [0.4, 0.5) is 11.4 Å². The molecule has 2 nitrogen and oxygen atoms in total. The van der Waals surface area contributed by atoms with Crippen LogP contribution in [0.5, 0.6) is 0 Å². The molecule has 0 aromatic heterocycles. The third-order valence-corrected chi connectivity index (χ3v) is 1.97. The van der Waals surface area contributed by atoms with E-state index in [9.17, 15) is 0 Å². The molecule has 12 heavy (non-hydrogen) atoms. The molecule has 0 heterocycles. The SMILES string of the molecule is Cc1cc(N)c(N(C)C)c(Cl)c1. The van der Waals surface area contributed by atoms with Crippen molar-refractivity contribution in [3.05, 3.63) is 22.7 Å². The number of nitrogen functional groups attached to an aromatic ring is 1. The van der Waals surface area contributed by atoms with Crippen molar-refractivity contribution in [2.75, 3.05) is 24.7 Å². The number of nitrogens with zero attached hydrogens (tertiary/aromatic N) is 1. The fraction of sp³-hybridized carbons (Fsp3) is 0.333. The number of aryl methyl sites for hydroxylation is 1. The lowest BCUT2D eigenvalue weighted by Crippen LogP contribution is -2.11. The maximum absolute atomic E-state index is 6.01. The third-order valence-electron chi connectivity index (χ3n) is 1.68. The van der Waals surface area contributed by atoms with Crippen molar-refractivity contribution in [3.8, 4) is 0 Å². The van der Waals surface area contributed by atoms with Gasteiger partial charge in [-0.2, -0.15) is 0 Å². The molecule has 0 saturated heterocycles. The normalized spacial score (nSPS) is 10.0. The largest absolute Gasteiger partial charge is 0.397 e. The van der Waals surface area contributed by atoms with E-state index in [2.05, 4.69) is 0 Å². The van der Waals surface area contributed by atoms with Crippen LogP contribution in [0.1, 0.15) is 5.56 Å². The van der Waals surface area contributed by atoms with E-state index >= 15 is 0 Å². The Bertz CT molecular complexity index is 272. The number of halogens is 1. The zero-order valence-electron chi connectivity index (χ0n) is 7.56. The van der Waals surface area contributed by atoms with Crippen LogP contribution in [0.15, 0.2) is 12.1 Å². The summed E-state index contributed by atoms with van der Waals surface area (Å²) in [5.41, 5.74) is 8.50. The van der Waals surface area contributed by atoms with Crippen LogP contribution in [0.2, 0.25) is 5.02 Å². The lowest BCUT2D eigenvalue weighted by molar-refractivity contribution is 1.13. The zero-order chi connectivity index (χ0) is 9.30. The Balaban J connectivity index is 3.28. The molecule has 0 aliphatic carbocycles. The van der Waals surface area contributed by atoms with Crippen molar-refractivity contribution in [3.63, 3.8) is 0 Å². The van der Waals surface area contributed by atoms with E-state index in [1.165, 1.54) is 0 Å². The number of rotatable bonds is 1. The molecule has 0 aliphatic rings. The summed E-state index contributed by atoms with van der Waals surface area (Å²) in [6, 6.07) is 3.83. The molecule has 0 fully saturated rings. The van der Waals surface area contributed by atoms with Gasteiger partial charge in [-0.1, -0.05) is 11.6 Å². The Kier molecular flexibility index (Phi) is 2.48. The van der Waals surface area contributed by atoms with Gasteiger partial charge in [0.2, 0.25) is 0 Å². The molecule has 3 heteroatoms. The minimum atomic E-state index is 0.706. The molecule has 1 aromatic rings. The summed E-state index contributed by atoms with van der Waals surface area (Å²) >= 11 is 6.01. The van der Waals surface area contributed by atoms with Crippen molar-refractivity contribution >= 4 is 23.0 Å². The maximum atomic E-state index is 6.01. The first-order valence-corrected chi connectivity index (χ1v) is 4.13. The smallest absolute Gasteiger partial charge is 0.0784 e. The summed E-state index contributed by atoms with van der Waals surface area (Å²) in [7, 11) is 3.85. The molecule has 2 N–H and O–H groups in total. The highest BCUT2D eigenvalue weighted by molar-refractivity contribution is 6.34. The standard InChI is InChI=1S/C9H13ClN2/c1-6-4-7(10)9(12(2)3)8(11)5-6/h4-5H,11H2,1-3H3. The van der Waals surface area contributed by atoms with E-state index in [1.54, 1.807) is 0 Å². The van der Waals surface area contributed by atoms with Gasteiger partial charge in [-0.15, -0.1) is 0 Å². The minimum absolute atomic E-state index is 0.706.